The van der Waals surface area contributed by atoms with Crippen molar-refractivity contribution in [3.05, 3.63) is 221 Å². The molecule has 0 radical (unpaired) electrons. The molecule has 0 aliphatic heterocycles. The van der Waals surface area contributed by atoms with E-state index in [1.54, 1.807) is 73.6 Å². The van der Waals surface area contributed by atoms with E-state index in [2.05, 4.69) is 116 Å². The highest BCUT2D eigenvalue weighted by molar-refractivity contribution is 5.98. The van der Waals surface area contributed by atoms with Gasteiger partial charge < -0.3 is 106 Å². The molecule has 0 aliphatic carbocycles. The molecular weight excluding hydrogens is 1870 g/mol. The van der Waals surface area contributed by atoms with Gasteiger partial charge >= 0.3 is 107 Å². The maximum atomic E-state index is 11.8. The van der Waals surface area contributed by atoms with Gasteiger partial charge in [-0.3, -0.25) is 19.2 Å². The number of ether oxygens (including phenoxy) is 16. The number of carbonyl (C=O) groups is 17. The Morgan fingerprint density at radius 2 is 0.458 bits per heavy atom. The molecule has 0 spiro atoms. The summed E-state index contributed by atoms with van der Waals surface area (Å²) in [5.74, 6) is -18.6. The molecule has 12 unspecified atom stereocenters. The van der Waals surface area contributed by atoms with Gasteiger partial charge in [-0.2, -0.15) is 0 Å². The predicted molar refractivity (Wildman–Crippen MR) is 510 cm³/mol. The molecular formula is C102H124O40. The summed E-state index contributed by atoms with van der Waals surface area (Å²) >= 11 is 0. The van der Waals surface area contributed by atoms with Crippen LogP contribution in [-0.2, 0) is 157 Å². The molecule has 12 atom stereocenters. The van der Waals surface area contributed by atoms with Crippen LogP contribution in [0.1, 0.15) is 127 Å². The van der Waals surface area contributed by atoms with Gasteiger partial charge in [-0.1, -0.05) is 225 Å². The van der Waals surface area contributed by atoms with Crippen molar-refractivity contribution in [2.24, 2.45) is 23.7 Å². The molecule has 1 aromatic heterocycles. The van der Waals surface area contributed by atoms with E-state index >= 15 is 0 Å². The Morgan fingerprint density at radius 3 is 0.676 bits per heavy atom. The molecule has 40 nitrogen and oxygen atoms in total. The van der Waals surface area contributed by atoms with Gasteiger partial charge in [-0.15, -0.1) is 0 Å². The number of aliphatic carboxylic acids is 5. The van der Waals surface area contributed by atoms with Crippen LogP contribution < -0.4 is 5.63 Å². The summed E-state index contributed by atoms with van der Waals surface area (Å²) in [6, 6.07) is 61.9. The van der Waals surface area contributed by atoms with E-state index in [0.29, 0.717) is 5.58 Å². The Labute approximate surface area is 819 Å². The van der Waals surface area contributed by atoms with E-state index in [4.69, 9.17) is 86.8 Å². The number of hydrogen-bond acceptors (Lipinski definition) is 35. The fraction of sp³-hybridized carbons (Fsp3) is 0.392. The van der Waals surface area contributed by atoms with Gasteiger partial charge in [-0.05, 0) is 124 Å². The second kappa shape index (κ2) is 67.8. The number of carboxylic acid groups (broad SMARTS) is 5. The highest BCUT2D eigenvalue weighted by atomic mass is 16.7. The smallest absolute Gasteiger partial charge is 0.350 e. The second-order valence-corrected chi connectivity index (χ2v) is 31.2. The molecule has 0 bridgehead atoms. The van der Waals surface area contributed by atoms with Crippen molar-refractivity contribution in [1.82, 2.24) is 0 Å². The molecule has 7 aromatic carbocycles. The number of benzene rings is 7. The first-order valence-electron chi connectivity index (χ1n) is 43.9. The van der Waals surface area contributed by atoms with Crippen molar-refractivity contribution >= 4 is 152 Å². The summed E-state index contributed by atoms with van der Waals surface area (Å²) in [4.78, 5) is 204. The standard InChI is InChI=1S/4C14H22O9.C14H10.C14H12.C9H6O2.C9H8O2/c4*1-7(2)12(17)22-9(4)13(18)23-10(6-20-5)14(19)21-8(3)11(15)16;1-2-6-12-10-14-8-4-3-7-13(14)9-11(12)5-1;1-3-7-13(8-4-1)11-12-14-9-5-2-6-10-14;10-9-6-5-7-3-1-2-4-8(7)11-9;10-9(11)7-6-8-4-2-1-3-5-8/h4*7-10H,6H2,1-5H3,(H,15,16);1-10H;1-12H;1-6H;1-7H,(H,10,11)/b;;;;;12-11+;;7-6+. The van der Waals surface area contributed by atoms with Gasteiger partial charge in [0.25, 0.3) is 0 Å². The molecule has 8 rings (SSSR count). The van der Waals surface area contributed by atoms with Gasteiger partial charge in [0.15, 0.2) is 48.8 Å². The quantitative estimate of drug-likeness (QED) is 0.00594. The van der Waals surface area contributed by atoms with E-state index in [0.717, 1.165) is 44.7 Å². The molecule has 0 saturated carbocycles. The minimum absolute atomic E-state index is 0.302. The number of hydrogen-bond donors (Lipinski definition) is 5. The number of carboxylic acids is 5. The lowest BCUT2D eigenvalue weighted by molar-refractivity contribution is -0.185. The molecule has 8 aromatic rings. The average molecular weight is 1990 g/mol. The van der Waals surface area contributed by atoms with Crippen LogP contribution in [0.4, 0.5) is 0 Å². The van der Waals surface area contributed by atoms with Crippen molar-refractivity contribution in [2.45, 2.75) is 184 Å². The molecule has 0 fully saturated rings. The number of carbonyl (C=O) groups excluding carboxylic acids is 12. The fourth-order valence-corrected chi connectivity index (χ4v) is 9.73. The Kier molecular flexibility index (Phi) is 59.5. The topological polar surface area (TPSA) is 569 Å². The van der Waals surface area contributed by atoms with Crippen molar-refractivity contribution in [3.8, 4) is 0 Å². The predicted octanol–water partition coefficient (Wildman–Crippen LogP) is 12.0. The van der Waals surface area contributed by atoms with Crippen molar-refractivity contribution < 1.29 is 187 Å². The summed E-state index contributed by atoms with van der Waals surface area (Å²) in [6.07, 6.45) is -9.47. The van der Waals surface area contributed by atoms with Crippen LogP contribution >= 0.6 is 0 Å². The Hall–Kier alpha value is -15.4. The zero-order valence-electron chi connectivity index (χ0n) is 82.3. The van der Waals surface area contributed by atoms with Crippen LogP contribution in [0.3, 0.4) is 0 Å². The van der Waals surface area contributed by atoms with Crippen LogP contribution in [0.5, 0.6) is 0 Å². The fourth-order valence-electron chi connectivity index (χ4n) is 9.73. The highest BCUT2D eigenvalue weighted by Gasteiger charge is 2.36. The first-order valence-corrected chi connectivity index (χ1v) is 43.9. The summed E-state index contributed by atoms with van der Waals surface area (Å²) in [7, 11) is 5.04. The molecule has 0 aliphatic rings. The Bertz CT molecular complexity index is 5000. The van der Waals surface area contributed by atoms with E-state index in [9.17, 15) is 86.3 Å². The highest BCUT2D eigenvalue weighted by Crippen LogP contribution is 2.23. The first kappa shape index (κ1) is 125. The van der Waals surface area contributed by atoms with E-state index in [1.807, 2.05) is 84.9 Å². The van der Waals surface area contributed by atoms with Crippen LogP contribution in [0.25, 0.3) is 50.7 Å². The van der Waals surface area contributed by atoms with Crippen molar-refractivity contribution in [2.75, 3.05) is 54.9 Å². The lowest BCUT2D eigenvalue weighted by Gasteiger charge is -2.20. The van der Waals surface area contributed by atoms with Crippen LogP contribution in [0, 0.1) is 23.7 Å². The summed E-state index contributed by atoms with van der Waals surface area (Å²) in [5, 5.41) is 49.2. The Balaban J connectivity index is 0.000000822. The van der Waals surface area contributed by atoms with Gasteiger partial charge in [0.1, 0.15) is 5.58 Å². The Morgan fingerprint density at radius 1 is 0.246 bits per heavy atom. The largest absolute Gasteiger partial charge is 0.479 e. The van der Waals surface area contributed by atoms with Gasteiger partial charge in [0.2, 0.25) is 24.4 Å². The third-order valence-electron chi connectivity index (χ3n) is 17.7. The lowest BCUT2D eigenvalue weighted by Crippen LogP contribution is -2.39. The number of fused-ring (bicyclic) bond motifs is 3. The number of para-hydroxylation sites is 1. The molecule has 772 valence electrons. The maximum Gasteiger partial charge on any atom is 0.350 e. The number of rotatable bonds is 40. The molecule has 5 N–H and O–H groups in total. The van der Waals surface area contributed by atoms with Crippen LogP contribution in [0.2, 0.25) is 0 Å². The van der Waals surface area contributed by atoms with Gasteiger partial charge in [0, 0.05) is 46.0 Å². The van der Waals surface area contributed by atoms with Crippen molar-refractivity contribution in [3.63, 3.8) is 0 Å². The van der Waals surface area contributed by atoms with Gasteiger partial charge in [-0.25, -0.2) is 67.1 Å². The minimum atomic E-state index is -1.46. The molecule has 0 amide bonds. The number of esters is 12. The molecule has 142 heavy (non-hydrogen) atoms. The average Bonchev–Trinajstić information content (AvgIpc) is 0.804. The second-order valence-electron chi connectivity index (χ2n) is 31.2. The lowest BCUT2D eigenvalue weighted by atomic mass is 10.0. The zero-order chi connectivity index (χ0) is 107. The minimum Gasteiger partial charge on any atom is -0.479 e. The summed E-state index contributed by atoms with van der Waals surface area (Å²) in [5.41, 5.74) is 3.70. The monoisotopic (exact) mass is 1990 g/mol. The van der Waals surface area contributed by atoms with Crippen LogP contribution in [0.15, 0.2) is 203 Å². The maximum absolute atomic E-state index is 11.8. The molecule has 1 heterocycles. The molecule has 0 saturated heterocycles. The van der Waals surface area contributed by atoms with Gasteiger partial charge in [0.05, 0.1) is 50.1 Å². The third-order valence-corrected chi connectivity index (χ3v) is 17.7. The normalized spacial score (nSPS) is 13.1. The number of methoxy groups -OCH3 is 4. The molecule has 40 heteroatoms. The zero-order valence-corrected chi connectivity index (χ0v) is 82.3. The van der Waals surface area contributed by atoms with Crippen LogP contribution in [-0.4, -0.2) is 255 Å². The third kappa shape index (κ3) is 51.3. The SMILES string of the molecule is C(=C\c1ccccc1)/c1ccccc1.COCC(OC(=O)C(C)OC(=O)C(C)C)C(=O)OC(C)C(=O)O.COCC(OC(=O)C(C)OC(=O)C(C)C)C(=O)OC(C)C(=O)O.COCC(OC(=O)C(C)OC(=O)C(C)C)C(=O)OC(C)C(=O)O.COCC(OC(=O)C(C)OC(=O)C(C)C)C(=O)OC(C)C(=O)O.O=C(O)/C=C/c1ccccc1.O=c1ccc2ccccc2o1.c1ccc2cc3ccccc3cc2c1. The van der Waals surface area contributed by atoms with E-state index < -0.39 is 198 Å². The van der Waals surface area contributed by atoms with Crippen molar-refractivity contribution in [1.29, 1.82) is 0 Å². The summed E-state index contributed by atoms with van der Waals surface area (Å²) in [6.45, 7) is 21.2. The van der Waals surface area contributed by atoms with E-state index in [-0.39, 0.29) is 32.1 Å². The first-order chi connectivity index (χ1) is 66.9. The summed E-state index contributed by atoms with van der Waals surface area (Å²) < 4.78 is 81.2. The van der Waals surface area contributed by atoms with E-state index in [1.165, 1.54) is 94.9 Å².